The summed E-state index contributed by atoms with van der Waals surface area (Å²) in [6.07, 6.45) is -0.882. The van der Waals surface area contributed by atoms with Gasteiger partial charge in [0.15, 0.2) is 0 Å². The molecule has 3 aliphatic rings. The lowest BCUT2D eigenvalue weighted by Crippen LogP contribution is -2.61. The number of piperazine rings is 1. The minimum Gasteiger partial charge on any atom is -0.454 e. The largest absolute Gasteiger partial charge is 0.490 e. The summed E-state index contributed by atoms with van der Waals surface area (Å²) in [5.41, 5.74) is 1.16. The van der Waals surface area contributed by atoms with Gasteiger partial charge < -0.3 is 9.64 Å². The Morgan fingerprint density at radius 3 is 2.41 bits per heavy atom. The molecule has 0 bridgehead atoms. The zero-order valence-corrected chi connectivity index (χ0v) is 21.7. The van der Waals surface area contributed by atoms with Gasteiger partial charge in [0.1, 0.15) is 11.9 Å². The second kappa shape index (κ2) is 11.0. The number of halogens is 5. The van der Waals surface area contributed by atoms with Gasteiger partial charge in [-0.25, -0.2) is 9.78 Å². The number of alkyl halides is 3. The van der Waals surface area contributed by atoms with E-state index in [1.807, 2.05) is 30.3 Å². The molecule has 2 aromatic rings. The summed E-state index contributed by atoms with van der Waals surface area (Å²) >= 11 is 12.2. The summed E-state index contributed by atoms with van der Waals surface area (Å²) in [5, 5.41) is 1.34. The normalized spacial score (nSPS) is 25.8. The Morgan fingerprint density at radius 2 is 1.73 bits per heavy atom. The number of piperidine rings is 1. The molecule has 0 saturated carbocycles. The molecule has 3 saturated heterocycles. The second-order valence-corrected chi connectivity index (χ2v) is 11.0. The molecule has 6 nitrogen and oxygen atoms in total. The number of carbonyl (C=O) groups excluding carboxylic acids is 1. The summed E-state index contributed by atoms with van der Waals surface area (Å²) in [4.78, 5) is 22.9. The highest BCUT2D eigenvalue weighted by atomic mass is 35.5. The highest BCUT2D eigenvalue weighted by Gasteiger charge is 2.47. The molecular weight excluding hydrogens is 528 g/mol. The third kappa shape index (κ3) is 6.33. The van der Waals surface area contributed by atoms with Gasteiger partial charge in [-0.3, -0.25) is 9.80 Å². The minimum atomic E-state index is -4.97. The van der Waals surface area contributed by atoms with Crippen LogP contribution in [0.1, 0.15) is 24.8 Å². The van der Waals surface area contributed by atoms with Crippen LogP contribution >= 0.6 is 23.2 Å². The number of esters is 1. The fourth-order valence-corrected chi connectivity index (χ4v) is 6.22. The summed E-state index contributed by atoms with van der Waals surface area (Å²) < 4.78 is 43.1. The third-order valence-electron chi connectivity index (χ3n) is 7.68. The average molecular weight is 557 g/mol. The van der Waals surface area contributed by atoms with Crippen molar-refractivity contribution in [2.45, 2.75) is 56.1 Å². The Labute approximate surface area is 224 Å². The first-order valence-electron chi connectivity index (χ1n) is 12.5. The molecule has 0 amide bonds. The lowest BCUT2D eigenvalue weighted by atomic mass is 9.94. The van der Waals surface area contributed by atoms with Crippen LogP contribution in [-0.4, -0.2) is 83.9 Å². The van der Waals surface area contributed by atoms with Crippen molar-refractivity contribution >= 4 is 35.0 Å². The van der Waals surface area contributed by atoms with Gasteiger partial charge in [-0.15, -0.1) is 0 Å². The van der Waals surface area contributed by atoms with Gasteiger partial charge in [-0.1, -0.05) is 35.3 Å². The van der Waals surface area contributed by atoms with E-state index in [0.29, 0.717) is 35.6 Å². The van der Waals surface area contributed by atoms with Gasteiger partial charge in [0.2, 0.25) is 0 Å². The van der Waals surface area contributed by atoms with E-state index in [1.54, 1.807) is 12.3 Å². The maximum absolute atomic E-state index is 12.8. The zero-order chi connectivity index (χ0) is 26.2. The van der Waals surface area contributed by atoms with Gasteiger partial charge in [0.05, 0.1) is 0 Å². The lowest BCUT2D eigenvalue weighted by molar-refractivity contribution is -0.204. The minimum absolute atomic E-state index is 0.0557. The van der Waals surface area contributed by atoms with Crippen molar-refractivity contribution in [3.05, 3.63) is 58.2 Å². The number of anilines is 1. The number of benzene rings is 1. The predicted octanol–water partition coefficient (Wildman–Crippen LogP) is 4.83. The number of hydrogen-bond donors (Lipinski definition) is 0. The van der Waals surface area contributed by atoms with E-state index in [0.717, 1.165) is 50.3 Å². The van der Waals surface area contributed by atoms with E-state index in [-0.39, 0.29) is 12.1 Å². The molecule has 1 aromatic heterocycles. The van der Waals surface area contributed by atoms with Crippen molar-refractivity contribution < 1.29 is 22.7 Å². The molecule has 3 aliphatic heterocycles. The van der Waals surface area contributed by atoms with Crippen LogP contribution in [0.4, 0.5) is 19.0 Å². The van der Waals surface area contributed by atoms with Crippen LogP contribution < -0.4 is 4.90 Å². The monoisotopic (exact) mass is 556 g/mol. The first kappa shape index (κ1) is 26.5. The maximum atomic E-state index is 12.8. The van der Waals surface area contributed by atoms with E-state index in [9.17, 15) is 18.0 Å². The van der Waals surface area contributed by atoms with Gasteiger partial charge in [-0.05, 0) is 49.1 Å². The number of pyridine rings is 1. The predicted molar refractivity (Wildman–Crippen MR) is 136 cm³/mol. The Balaban J connectivity index is 1.28. The molecule has 0 aliphatic carbocycles. The van der Waals surface area contributed by atoms with Crippen LogP contribution in [0.15, 0.2) is 42.6 Å². The number of nitrogens with zero attached hydrogens (tertiary/aromatic N) is 4. The van der Waals surface area contributed by atoms with E-state index in [4.69, 9.17) is 27.9 Å². The fraction of sp³-hybridized carbons (Fsp3) is 0.538. The quantitative estimate of drug-likeness (QED) is 0.491. The summed E-state index contributed by atoms with van der Waals surface area (Å²) in [6.45, 7) is 3.48. The van der Waals surface area contributed by atoms with Crippen LogP contribution in [0, 0.1) is 0 Å². The average Bonchev–Trinajstić information content (AvgIpc) is 3.25. The van der Waals surface area contributed by atoms with Crippen LogP contribution in [0.5, 0.6) is 0 Å². The van der Waals surface area contributed by atoms with Crippen molar-refractivity contribution in [1.82, 2.24) is 14.8 Å². The summed E-state index contributed by atoms with van der Waals surface area (Å²) in [7, 11) is 0. The van der Waals surface area contributed by atoms with Crippen LogP contribution in [0.2, 0.25) is 10.0 Å². The van der Waals surface area contributed by atoms with Crippen molar-refractivity contribution in [3.63, 3.8) is 0 Å². The van der Waals surface area contributed by atoms with Gasteiger partial charge in [0, 0.05) is 73.5 Å². The smallest absolute Gasteiger partial charge is 0.454 e. The lowest BCUT2D eigenvalue weighted by Gasteiger charge is -2.49. The maximum Gasteiger partial charge on any atom is 0.490 e. The topological polar surface area (TPSA) is 48.9 Å². The first-order valence-corrected chi connectivity index (χ1v) is 13.3. The van der Waals surface area contributed by atoms with E-state index < -0.39 is 18.2 Å². The van der Waals surface area contributed by atoms with E-state index in [1.165, 1.54) is 0 Å². The molecule has 37 heavy (non-hydrogen) atoms. The van der Waals surface area contributed by atoms with Crippen LogP contribution in [-0.2, 0) is 16.0 Å². The van der Waals surface area contributed by atoms with Gasteiger partial charge in [-0.2, -0.15) is 13.2 Å². The van der Waals surface area contributed by atoms with Crippen molar-refractivity contribution in [3.8, 4) is 0 Å². The molecule has 3 atom stereocenters. The highest BCUT2D eigenvalue weighted by Crippen LogP contribution is 2.33. The molecule has 11 heteroatoms. The Bertz CT molecular complexity index is 1100. The second-order valence-electron chi connectivity index (χ2n) is 10.1. The molecule has 5 rings (SSSR count). The third-order valence-corrected chi connectivity index (χ3v) is 8.17. The molecule has 1 aromatic carbocycles. The Kier molecular flexibility index (Phi) is 7.86. The van der Waals surface area contributed by atoms with Crippen molar-refractivity contribution in [1.29, 1.82) is 0 Å². The van der Waals surface area contributed by atoms with E-state index in [2.05, 4.69) is 19.7 Å². The molecule has 3 fully saturated rings. The number of hydrogen-bond acceptors (Lipinski definition) is 6. The molecule has 4 heterocycles. The fourth-order valence-electron chi connectivity index (χ4n) is 5.94. The SMILES string of the molecule is O=C(O[C@H]1C[C@H]2CN(C3CCN(c4cc(Cl)ccn4)CC3)[C@@H](Cc3ccc(Cl)cc3)CN2C1)C(F)(F)F. The zero-order valence-electron chi connectivity index (χ0n) is 20.2. The molecule has 200 valence electrons. The van der Waals surface area contributed by atoms with Crippen LogP contribution in [0.25, 0.3) is 0 Å². The number of carbonyl (C=O) groups is 1. The highest BCUT2D eigenvalue weighted by molar-refractivity contribution is 6.31. The summed E-state index contributed by atoms with van der Waals surface area (Å²) in [5.74, 6) is -1.23. The summed E-state index contributed by atoms with van der Waals surface area (Å²) in [6, 6.07) is 12.0. The number of aromatic nitrogens is 1. The number of rotatable bonds is 5. The molecular formula is C26H29Cl2F3N4O2. The first-order chi connectivity index (χ1) is 17.7. The molecule has 0 N–H and O–H groups in total. The number of ether oxygens (including phenoxy) is 1. The number of fused-ring (bicyclic) bond motifs is 1. The molecule has 0 radical (unpaired) electrons. The van der Waals surface area contributed by atoms with E-state index >= 15 is 0 Å². The van der Waals surface area contributed by atoms with Gasteiger partial charge in [0.25, 0.3) is 0 Å². The van der Waals surface area contributed by atoms with Crippen LogP contribution in [0.3, 0.4) is 0 Å². The van der Waals surface area contributed by atoms with Crippen molar-refractivity contribution in [2.24, 2.45) is 0 Å². The Morgan fingerprint density at radius 1 is 1.00 bits per heavy atom. The van der Waals surface area contributed by atoms with Crippen molar-refractivity contribution in [2.75, 3.05) is 37.6 Å². The molecule has 0 spiro atoms. The van der Waals surface area contributed by atoms with Gasteiger partial charge >= 0.3 is 12.1 Å². The Hall–Kier alpha value is -2.07. The standard InChI is InChI=1S/C26H29Cl2F3N4O2/c27-18-3-1-17(2-4-18)11-22-14-34-16-23(37-25(36)26(29,30)31)13-21(34)15-35(22)20-6-9-33(10-7-20)24-12-19(28)5-8-32-24/h1-5,8,12,20-23H,6-7,9-11,13-16H2/t21-,22-,23-/m0/s1. The molecule has 0 unspecified atom stereocenters.